The van der Waals surface area contributed by atoms with Crippen molar-refractivity contribution in [3.05, 3.63) is 18.1 Å². The van der Waals surface area contributed by atoms with E-state index < -0.39 is 0 Å². The van der Waals surface area contributed by atoms with Gasteiger partial charge in [-0.1, -0.05) is 12.2 Å². The van der Waals surface area contributed by atoms with Gasteiger partial charge in [0.15, 0.2) is 5.82 Å². The fourth-order valence-corrected chi connectivity index (χ4v) is 2.60. The minimum Gasteiger partial charge on any atom is -0.388 e. The molecule has 1 saturated carbocycles. The van der Waals surface area contributed by atoms with Crippen LogP contribution in [-0.2, 0) is 4.74 Å². The number of nitrogens with one attached hydrogen (secondary N) is 1. The van der Waals surface area contributed by atoms with Crippen LogP contribution < -0.4 is 11.1 Å². The standard InChI is InChI=1S/C12H16N4OS/c13-11(18)9-12(15-5-4-14-9)16-8-3-6-17-10(8)7-1-2-7/h4-5,7-8,10H,1-3,6H2,(H2,13,18)(H,15,16). The summed E-state index contributed by atoms with van der Waals surface area (Å²) in [6.45, 7) is 0.807. The van der Waals surface area contributed by atoms with Crippen molar-refractivity contribution in [3.8, 4) is 0 Å². The Morgan fingerprint density at radius 3 is 2.83 bits per heavy atom. The Labute approximate surface area is 111 Å². The van der Waals surface area contributed by atoms with Gasteiger partial charge in [-0.2, -0.15) is 0 Å². The van der Waals surface area contributed by atoms with Crippen molar-refractivity contribution in [1.82, 2.24) is 9.97 Å². The molecule has 0 amide bonds. The first-order valence-corrected chi connectivity index (χ1v) is 6.65. The summed E-state index contributed by atoms with van der Waals surface area (Å²) in [5.74, 6) is 1.38. The quantitative estimate of drug-likeness (QED) is 0.793. The average Bonchev–Trinajstić information content (AvgIpc) is 3.11. The summed E-state index contributed by atoms with van der Waals surface area (Å²) in [6.07, 6.45) is 7.08. The number of hydrogen-bond donors (Lipinski definition) is 2. The molecular formula is C12H16N4OS. The Kier molecular flexibility index (Phi) is 3.13. The van der Waals surface area contributed by atoms with E-state index in [9.17, 15) is 0 Å². The summed E-state index contributed by atoms with van der Waals surface area (Å²) in [5.41, 5.74) is 6.22. The minimum absolute atomic E-state index is 0.271. The van der Waals surface area contributed by atoms with Crippen LogP contribution in [0, 0.1) is 5.92 Å². The zero-order chi connectivity index (χ0) is 12.5. The van der Waals surface area contributed by atoms with Gasteiger partial charge in [-0.15, -0.1) is 0 Å². The van der Waals surface area contributed by atoms with E-state index in [0.29, 0.717) is 29.6 Å². The van der Waals surface area contributed by atoms with Gasteiger partial charge >= 0.3 is 0 Å². The number of nitrogens with zero attached hydrogens (tertiary/aromatic N) is 2. The molecule has 2 atom stereocenters. The summed E-state index contributed by atoms with van der Waals surface area (Å²) >= 11 is 4.99. The van der Waals surface area contributed by atoms with Gasteiger partial charge in [0, 0.05) is 19.0 Å². The zero-order valence-electron chi connectivity index (χ0n) is 10.0. The molecular weight excluding hydrogens is 248 g/mol. The van der Waals surface area contributed by atoms with Crippen LogP contribution in [0.3, 0.4) is 0 Å². The van der Waals surface area contributed by atoms with Crippen molar-refractivity contribution in [2.45, 2.75) is 31.4 Å². The first kappa shape index (κ1) is 11.8. The molecule has 1 aliphatic heterocycles. The summed E-state index contributed by atoms with van der Waals surface area (Å²) in [7, 11) is 0. The normalized spacial score (nSPS) is 27.1. The van der Waals surface area contributed by atoms with Crippen molar-refractivity contribution in [2.75, 3.05) is 11.9 Å². The smallest absolute Gasteiger partial charge is 0.155 e. The lowest BCUT2D eigenvalue weighted by molar-refractivity contribution is 0.0898. The number of aromatic nitrogens is 2. The van der Waals surface area contributed by atoms with Gasteiger partial charge in [-0.25, -0.2) is 9.97 Å². The highest BCUT2D eigenvalue weighted by molar-refractivity contribution is 7.80. The molecule has 0 radical (unpaired) electrons. The maximum absolute atomic E-state index is 5.79. The fraction of sp³-hybridized carbons (Fsp3) is 0.583. The second kappa shape index (κ2) is 4.78. The Balaban J connectivity index is 1.77. The predicted molar refractivity (Wildman–Crippen MR) is 72.4 cm³/mol. The molecule has 18 heavy (non-hydrogen) atoms. The van der Waals surface area contributed by atoms with Crippen LogP contribution in [-0.4, -0.2) is 33.7 Å². The number of ether oxygens (including phenoxy) is 1. The number of hydrogen-bond acceptors (Lipinski definition) is 5. The highest BCUT2D eigenvalue weighted by Gasteiger charge is 2.40. The van der Waals surface area contributed by atoms with Gasteiger partial charge in [0.2, 0.25) is 0 Å². The molecule has 1 saturated heterocycles. The Morgan fingerprint density at radius 2 is 2.11 bits per heavy atom. The van der Waals surface area contributed by atoms with E-state index >= 15 is 0 Å². The maximum atomic E-state index is 5.79. The average molecular weight is 264 g/mol. The van der Waals surface area contributed by atoms with E-state index in [-0.39, 0.29) is 4.99 Å². The fourth-order valence-electron chi connectivity index (χ4n) is 2.45. The minimum atomic E-state index is 0.271. The molecule has 2 heterocycles. The van der Waals surface area contributed by atoms with Crippen molar-refractivity contribution in [2.24, 2.45) is 11.7 Å². The molecule has 1 aliphatic carbocycles. The maximum Gasteiger partial charge on any atom is 0.155 e. The Bertz CT molecular complexity index is 463. The van der Waals surface area contributed by atoms with Crippen LogP contribution in [0.5, 0.6) is 0 Å². The summed E-state index contributed by atoms with van der Waals surface area (Å²) in [6, 6.07) is 0.294. The number of nitrogens with two attached hydrogens (primary N) is 1. The van der Waals surface area contributed by atoms with E-state index in [1.165, 1.54) is 12.8 Å². The third-order valence-corrected chi connectivity index (χ3v) is 3.67. The molecule has 3 N–H and O–H groups in total. The third-order valence-electron chi connectivity index (χ3n) is 3.48. The molecule has 1 aromatic rings. The molecule has 0 bridgehead atoms. The SMILES string of the molecule is NC(=S)c1nccnc1NC1CCOC1C1CC1. The monoisotopic (exact) mass is 264 g/mol. The van der Waals surface area contributed by atoms with E-state index in [1.54, 1.807) is 12.4 Å². The van der Waals surface area contributed by atoms with Gasteiger partial charge in [-0.3, -0.25) is 0 Å². The van der Waals surface area contributed by atoms with Gasteiger partial charge in [0.05, 0.1) is 12.1 Å². The Hall–Kier alpha value is -1.27. The van der Waals surface area contributed by atoms with Gasteiger partial charge in [0.25, 0.3) is 0 Å². The molecule has 0 aromatic carbocycles. The molecule has 3 rings (SSSR count). The first-order chi connectivity index (χ1) is 8.75. The van der Waals surface area contributed by atoms with Gasteiger partial charge in [0.1, 0.15) is 10.7 Å². The van der Waals surface area contributed by atoms with Crippen LogP contribution >= 0.6 is 12.2 Å². The van der Waals surface area contributed by atoms with E-state index in [2.05, 4.69) is 15.3 Å². The number of thiocarbonyl (C=S) groups is 1. The third kappa shape index (κ3) is 2.30. The first-order valence-electron chi connectivity index (χ1n) is 6.24. The molecule has 1 aromatic heterocycles. The lowest BCUT2D eigenvalue weighted by Crippen LogP contribution is -2.32. The lowest BCUT2D eigenvalue weighted by atomic mass is 10.1. The second-order valence-electron chi connectivity index (χ2n) is 4.83. The molecule has 2 fully saturated rings. The van der Waals surface area contributed by atoms with E-state index in [4.69, 9.17) is 22.7 Å². The number of anilines is 1. The van der Waals surface area contributed by atoms with Crippen LogP contribution in [0.4, 0.5) is 5.82 Å². The number of rotatable bonds is 4. The van der Waals surface area contributed by atoms with Gasteiger partial charge in [-0.05, 0) is 25.2 Å². The van der Waals surface area contributed by atoms with Crippen molar-refractivity contribution in [3.63, 3.8) is 0 Å². The zero-order valence-corrected chi connectivity index (χ0v) is 10.8. The summed E-state index contributed by atoms with van der Waals surface area (Å²) < 4.78 is 5.79. The second-order valence-corrected chi connectivity index (χ2v) is 5.27. The predicted octanol–water partition coefficient (Wildman–Crippen LogP) is 1.09. The van der Waals surface area contributed by atoms with Crippen LogP contribution in [0.2, 0.25) is 0 Å². The van der Waals surface area contributed by atoms with E-state index in [0.717, 1.165) is 13.0 Å². The molecule has 2 unspecified atom stereocenters. The Morgan fingerprint density at radius 1 is 1.33 bits per heavy atom. The van der Waals surface area contributed by atoms with Crippen LogP contribution in [0.15, 0.2) is 12.4 Å². The molecule has 6 heteroatoms. The highest BCUT2D eigenvalue weighted by atomic mass is 32.1. The molecule has 2 aliphatic rings. The summed E-state index contributed by atoms with van der Waals surface area (Å²) in [4.78, 5) is 8.73. The van der Waals surface area contributed by atoms with Crippen molar-refractivity contribution >= 4 is 23.0 Å². The van der Waals surface area contributed by atoms with Crippen LogP contribution in [0.1, 0.15) is 25.0 Å². The highest BCUT2D eigenvalue weighted by Crippen LogP contribution is 2.39. The van der Waals surface area contributed by atoms with Crippen molar-refractivity contribution in [1.29, 1.82) is 0 Å². The summed E-state index contributed by atoms with van der Waals surface area (Å²) in [5, 5.41) is 3.40. The topological polar surface area (TPSA) is 73.1 Å². The molecule has 5 nitrogen and oxygen atoms in total. The van der Waals surface area contributed by atoms with E-state index in [1.807, 2.05) is 0 Å². The van der Waals surface area contributed by atoms with Crippen molar-refractivity contribution < 1.29 is 4.74 Å². The van der Waals surface area contributed by atoms with Crippen LogP contribution in [0.25, 0.3) is 0 Å². The molecule has 96 valence electrons. The largest absolute Gasteiger partial charge is 0.388 e. The lowest BCUT2D eigenvalue weighted by Gasteiger charge is -2.20. The van der Waals surface area contributed by atoms with Gasteiger partial charge < -0.3 is 15.8 Å². The molecule has 0 spiro atoms.